The van der Waals surface area contributed by atoms with Gasteiger partial charge in [0.2, 0.25) is 11.8 Å². The van der Waals surface area contributed by atoms with Crippen LogP contribution in [-0.4, -0.2) is 34.6 Å². The number of benzene rings is 3. The molecule has 0 fully saturated rings. The monoisotopic (exact) mass is 494 g/mol. The van der Waals surface area contributed by atoms with Crippen LogP contribution in [0.4, 0.5) is 0 Å². The van der Waals surface area contributed by atoms with Gasteiger partial charge in [0.05, 0.1) is 5.75 Å². The van der Waals surface area contributed by atoms with E-state index in [1.165, 1.54) is 11.8 Å². The molecule has 0 saturated heterocycles. The molecule has 0 spiro atoms. The lowest BCUT2D eigenvalue weighted by Crippen LogP contribution is -2.52. The van der Waals surface area contributed by atoms with Gasteiger partial charge in [-0.25, -0.2) is 0 Å². The molecule has 2 amide bonds. The van der Waals surface area contributed by atoms with Gasteiger partial charge >= 0.3 is 0 Å². The van der Waals surface area contributed by atoms with Crippen molar-refractivity contribution in [1.82, 2.24) is 10.2 Å². The van der Waals surface area contributed by atoms with E-state index in [1.807, 2.05) is 92.7 Å². The van der Waals surface area contributed by atoms with Crippen LogP contribution in [0, 0.1) is 0 Å². The van der Waals surface area contributed by atoms with Gasteiger partial charge in [-0.15, -0.1) is 11.8 Å². The van der Waals surface area contributed by atoms with Crippen LogP contribution in [0.5, 0.6) is 0 Å². The second-order valence-electron chi connectivity index (χ2n) is 8.28. The van der Waals surface area contributed by atoms with E-state index in [-0.39, 0.29) is 23.6 Å². The summed E-state index contributed by atoms with van der Waals surface area (Å²) < 4.78 is 0. The van der Waals surface area contributed by atoms with Crippen LogP contribution >= 0.6 is 23.4 Å². The summed E-state index contributed by atoms with van der Waals surface area (Å²) in [4.78, 5) is 29.8. The molecule has 4 nitrogen and oxygen atoms in total. The first-order valence-electron chi connectivity index (χ1n) is 11.5. The van der Waals surface area contributed by atoms with Gasteiger partial charge in [-0.3, -0.25) is 9.59 Å². The number of hydrogen-bond donors (Lipinski definition) is 1. The lowest BCUT2D eigenvalue weighted by molar-refractivity contribution is -0.139. The Balaban J connectivity index is 1.91. The Morgan fingerprint density at radius 1 is 0.941 bits per heavy atom. The highest BCUT2D eigenvalue weighted by Gasteiger charge is 2.31. The molecule has 6 heteroatoms. The number of carbonyl (C=O) groups is 2. The Kier molecular flexibility index (Phi) is 10.0. The van der Waals surface area contributed by atoms with Gasteiger partial charge in [-0.1, -0.05) is 79.2 Å². The SMILES string of the molecule is CC[C@@H](C)NC(=O)[C@H](Cc1ccccc1)N(Cc1cccc(Cl)c1)C(=O)CSc1ccccc1. The molecule has 0 radical (unpaired) electrons. The molecule has 0 bridgehead atoms. The molecule has 3 aromatic carbocycles. The van der Waals surface area contributed by atoms with E-state index in [1.54, 1.807) is 11.0 Å². The zero-order valence-corrected chi connectivity index (χ0v) is 21.2. The van der Waals surface area contributed by atoms with Crippen LogP contribution in [-0.2, 0) is 22.6 Å². The number of halogens is 1. The van der Waals surface area contributed by atoms with Crippen molar-refractivity contribution in [2.24, 2.45) is 0 Å². The number of thioether (sulfide) groups is 1. The first kappa shape index (κ1) is 25.9. The predicted molar refractivity (Wildman–Crippen MR) is 141 cm³/mol. The fourth-order valence-electron chi connectivity index (χ4n) is 3.57. The van der Waals surface area contributed by atoms with Gasteiger partial charge in [-0.05, 0) is 48.7 Å². The zero-order valence-electron chi connectivity index (χ0n) is 19.6. The van der Waals surface area contributed by atoms with Crippen molar-refractivity contribution in [1.29, 1.82) is 0 Å². The highest BCUT2D eigenvalue weighted by molar-refractivity contribution is 8.00. The summed E-state index contributed by atoms with van der Waals surface area (Å²) in [6.07, 6.45) is 1.25. The molecule has 0 aliphatic carbocycles. The van der Waals surface area contributed by atoms with E-state index in [0.717, 1.165) is 22.4 Å². The van der Waals surface area contributed by atoms with Gasteiger partial charge in [0.15, 0.2) is 0 Å². The average Bonchev–Trinajstić information content (AvgIpc) is 2.85. The van der Waals surface area contributed by atoms with E-state index in [2.05, 4.69) is 5.32 Å². The molecular formula is C28H31ClN2O2S. The third-order valence-electron chi connectivity index (χ3n) is 5.62. The van der Waals surface area contributed by atoms with Crippen LogP contribution in [0.1, 0.15) is 31.4 Å². The maximum atomic E-state index is 13.6. The highest BCUT2D eigenvalue weighted by Crippen LogP contribution is 2.22. The highest BCUT2D eigenvalue weighted by atomic mass is 35.5. The van der Waals surface area contributed by atoms with Crippen LogP contribution in [0.2, 0.25) is 5.02 Å². The molecular weight excluding hydrogens is 464 g/mol. The molecule has 0 saturated carbocycles. The van der Waals surface area contributed by atoms with E-state index < -0.39 is 6.04 Å². The Hall–Kier alpha value is -2.76. The van der Waals surface area contributed by atoms with E-state index in [4.69, 9.17) is 11.6 Å². The number of hydrogen-bond acceptors (Lipinski definition) is 3. The minimum Gasteiger partial charge on any atom is -0.352 e. The fourth-order valence-corrected chi connectivity index (χ4v) is 4.59. The van der Waals surface area contributed by atoms with Crippen molar-refractivity contribution in [3.05, 3.63) is 101 Å². The largest absolute Gasteiger partial charge is 0.352 e. The Morgan fingerprint density at radius 2 is 1.59 bits per heavy atom. The molecule has 0 heterocycles. The topological polar surface area (TPSA) is 49.4 Å². The minimum absolute atomic E-state index is 0.0209. The van der Waals surface area contributed by atoms with Gasteiger partial charge in [0.1, 0.15) is 6.04 Å². The summed E-state index contributed by atoms with van der Waals surface area (Å²) in [6, 6.07) is 26.5. The van der Waals surface area contributed by atoms with Crippen molar-refractivity contribution >= 4 is 35.2 Å². The molecule has 3 aromatic rings. The normalized spacial score (nSPS) is 12.6. The average molecular weight is 495 g/mol. The first-order valence-corrected chi connectivity index (χ1v) is 12.9. The number of nitrogens with one attached hydrogen (secondary N) is 1. The maximum absolute atomic E-state index is 13.6. The van der Waals surface area contributed by atoms with Crippen molar-refractivity contribution in [2.75, 3.05) is 5.75 Å². The van der Waals surface area contributed by atoms with Crippen molar-refractivity contribution < 1.29 is 9.59 Å². The maximum Gasteiger partial charge on any atom is 0.243 e. The Morgan fingerprint density at radius 3 is 2.24 bits per heavy atom. The van der Waals surface area contributed by atoms with Crippen LogP contribution in [0.15, 0.2) is 89.8 Å². The fraction of sp³-hybridized carbons (Fsp3) is 0.286. The van der Waals surface area contributed by atoms with Crippen molar-refractivity contribution in [3.8, 4) is 0 Å². The molecule has 0 aliphatic heterocycles. The molecule has 2 atom stereocenters. The smallest absolute Gasteiger partial charge is 0.243 e. The lowest BCUT2D eigenvalue weighted by Gasteiger charge is -2.32. The van der Waals surface area contributed by atoms with Gasteiger partial charge in [0.25, 0.3) is 0 Å². The summed E-state index contributed by atoms with van der Waals surface area (Å²) in [6.45, 7) is 4.31. The van der Waals surface area contributed by atoms with Crippen molar-refractivity contribution in [3.63, 3.8) is 0 Å². The first-order chi connectivity index (χ1) is 16.5. The van der Waals surface area contributed by atoms with Crippen LogP contribution in [0.25, 0.3) is 0 Å². The number of rotatable bonds is 11. The zero-order chi connectivity index (χ0) is 24.3. The summed E-state index contributed by atoms with van der Waals surface area (Å²) in [5.74, 6) is 0.0132. The van der Waals surface area contributed by atoms with Crippen LogP contribution in [0.3, 0.4) is 0 Å². The quantitative estimate of drug-likeness (QED) is 0.333. The number of amides is 2. The molecule has 34 heavy (non-hydrogen) atoms. The molecule has 1 N–H and O–H groups in total. The third kappa shape index (κ3) is 7.93. The molecule has 0 unspecified atom stereocenters. The van der Waals surface area contributed by atoms with Gasteiger partial charge in [0, 0.05) is 28.9 Å². The molecule has 3 rings (SSSR count). The predicted octanol–water partition coefficient (Wildman–Crippen LogP) is 5.99. The van der Waals surface area contributed by atoms with Gasteiger partial charge in [-0.2, -0.15) is 0 Å². The number of nitrogens with zero attached hydrogens (tertiary/aromatic N) is 1. The second-order valence-corrected chi connectivity index (χ2v) is 9.76. The lowest BCUT2D eigenvalue weighted by atomic mass is 10.0. The Labute approximate surface area is 211 Å². The van der Waals surface area contributed by atoms with Crippen LogP contribution < -0.4 is 5.32 Å². The third-order valence-corrected chi connectivity index (χ3v) is 6.85. The molecule has 178 valence electrons. The van der Waals surface area contributed by atoms with E-state index in [9.17, 15) is 9.59 Å². The standard InChI is InChI=1S/C28H31ClN2O2S/c1-3-21(2)30-28(33)26(18-22-11-6-4-7-12-22)31(19-23-13-10-14-24(29)17-23)27(32)20-34-25-15-8-5-9-16-25/h4-17,21,26H,3,18-20H2,1-2H3,(H,30,33)/t21-,26+/m1/s1. The minimum atomic E-state index is -0.640. The molecule has 0 aromatic heterocycles. The number of carbonyl (C=O) groups excluding carboxylic acids is 2. The van der Waals surface area contributed by atoms with E-state index >= 15 is 0 Å². The Bertz CT molecular complexity index is 1060. The van der Waals surface area contributed by atoms with E-state index in [0.29, 0.717) is 18.0 Å². The summed E-state index contributed by atoms with van der Waals surface area (Å²) >= 11 is 7.70. The van der Waals surface area contributed by atoms with Gasteiger partial charge < -0.3 is 10.2 Å². The second kappa shape index (κ2) is 13.2. The summed E-state index contributed by atoms with van der Waals surface area (Å²) in [7, 11) is 0. The molecule has 0 aliphatic rings. The van der Waals surface area contributed by atoms with Crippen molar-refractivity contribution in [2.45, 2.75) is 50.2 Å². The summed E-state index contributed by atoms with van der Waals surface area (Å²) in [5, 5.41) is 3.69. The summed E-state index contributed by atoms with van der Waals surface area (Å²) in [5.41, 5.74) is 1.89.